The number of hydrogen-bond acceptors (Lipinski definition) is 8. The Morgan fingerprint density at radius 2 is 2.11 bits per heavy atom. The first-order valence-electron chi connectivity index (χ1n) is 12.0. The maximum Gasteiger partial charge on any atom is 0.326 e. The zero-order chi connectivity index (χ0) is 25.0. The Kier molecular flexibility index (Phi) is 10.5. The molecule has 192 valence electrons. The van der Waals surface area contributed by atoms with E-state index < -0.39 is 24.1 Å². The Morgan fingerprint density at radius 3 is 2.89 bits per heavy atom. The molecule has 1 unspecified atom stereocenters. The van der Waals surface area contributed by atoms with Crippen LogP contribution in [0.25, 0.3) is 0 Å². The Hall–Kier alpha value is -2.92. The van der Waals surface area contributed by atoms with Gasteiger partial charge in [0.2, 0.25) is 0 Å². The summed E-state index contributed by atoms with van der Waals surface area (Å²) in [5.74, 6) is 0.00576. The molecule has 1 atom stereocenters. The lowest BCUT2D eigenvalue weighted by molar-refractivity contribution is -0.138. The van der Waals surface area contributed by atoms with Crippen molar-refractivity contribution in [3.8, 4) is 0 Å². The number of anilines is 2. The van der Waals surface area contributed by atoms with Gasteiger partial charge in [0, 0.05) is 38.5 Å². The lowest BCUT2D eigenvalue weighted by atomic mass is 10.1. The van der Waals surface area contributed by atoms with Crippen LogP contribution < -0.4 is 10.6 Å². The number of fused-ring (bicyclic) bond motifs is 1. The summed E-state index contributed by atoms with van der Waals surface area (Å²) in [6.45, 7) is 3.48. The van der Waals surface area contributed by atoms with Crippen molar-refractivity contribution in [2.75, 3.05) is 50.5 Å². The van der Waals surface area contributed by atoms with Crippen LogP contribution in [0.5, 0.6) is 0 Å². The maximum absolute atomic E-state index is 12.9. The highest BCUT2D eigenvalue weighted by Gasteiger charge is 2.20. The van der Waals surface area contributed by atoms with Crippen LogP contribution in [0.3, 0.4) is 0 Å². The molecule has 0 amide bonds. The number of aryl methyl sites for hydroxylation is 2. The number of halogens is 2. The van der Waals surface area contributed by atoms with Gasteiger partial charge in [0.25, 0.3) is 6.43 Å². The van der Waals surface area contributed by atoms with E-state index in [9.17, 15) is 18.7 Å². The SMILES string of the molecule is COCCN(CCCCc1ccc2c(n1)NCCC2)CCC(Nc1cc(C(F)F)ncn1)C(=O)O. The first kappa shape index (κ1) is 26.7. The molecule has 0 spiro atoms. The Morgan fingerprint density at radius 1 is 1.26 bits per heavy atom. The van der Waals surface area contributed by atoms with Gasteiger partial charge in [0.15, 0.2) is 0 Å². The van der Waals surface area contributed by atoms with Gasteiger partial charge in [-0.15, -0.1) is 0 Å². The van der Waals surface area contributed by atoms with Gasteiger partial charge in [-0.25, -0.2) is 28.5 Å². The van der Waals surface area contributed by atoms with Gasteiger partial charge < -0.3 is 25.4 Å². The van der Waals surface area contributed by atoms with Crippen molar-refractivity contribution in [3.63, 3.8) is 0 Å². The highest BCUT2D eigenvalue weighted by Crippen LogP contribution is 2.21. The fourth-order valence-electron chi connectivity index (χ4n) is 4.02. The van der Waals surface area contributed by atoms with E-state index in [4.69, 9.17) is 9.72 Å². The van der Waals surface area contributed by atoms with Crippen molar-refractivity contribution in [1.29, 1.82) is 0 Å². The Balaban J connectivity index is 1.48. The smallest absolute Gasteiger partial charge is 0.326 e. The van der Waals surface area contributed by atoms with E-state index in [0.29, 0.717) is 19.7 Å². The standard InChI is InChI=1S/C24H34F2N6O3/c1-35-14-13-32(11-3-2-6-18-8-7-17-5-4-10-27-23(17)30-18)12-9-19(24(33)34)31-21-15-20(22(25)26)28-16-29-21/h7-8,15-16,19,22H,2-6,9-14H2,1H3,(H,27,30)(H,33,34)(H,28,29,31). The second-order valence-electron chi connectivity index (χ2n) is 8.58. The second-order valence-corrected chi connectivity index (χ2v) is 8.58. The molecule has 0 bridgehead atoms. The monoisotopic (exact) mass is 492 g/mol. The molecular formula is C24H34F2N6O3. The van der Waals surface area contributed by atoms with E-state index in [1.165, 1.54) is 5.56 Å². The quantitative estimate of drug-likeness (QED) is 0.322. The molecule has 3 N–H and O–H groups in total. The normalized spacial score (nSPS) is 14.0. The topological polar surface area (TPSA) is 113 Å². The van der Waals surface area contributed by atoms with Gasteiger partial charge in [-0.3, -0.25) is 0 Å². The number of unbranched alkanes of at least 4 members (excludes halogenated alkanes) is 1. The van der Waals surface area contributed by atoms with E-state index >= 15 is 0 Å². The summed E-state index contributed by atoms with van der Waals surface area (Å²) >= 11 is 0. The van der Waals surface area contributed by atoms with Crippen molar-refractivity contribution in [2.45, 2.75) is 51.0 Å². The van der Waals surface area contributed by atoms with Gasteiger partial charge in [0.05, 0.1) is 6.61 Å². The molecule has 35 heavy (non-hydrogen) atoms. The van der Waals surface area contributed by atoms with Gasteiger partial charge in [-0.2, -0.15) is 0 Å². The number of ether oxygens (including phenoxy) is 1. The Labute approximate surface area is 204 Å². The minimum absolute atomic E-state index is 0.0678. The van der Waals surface area contributed by atoms with Crippen LogP contribution in [0.4, 0.5) is 20.4 Å². The van der Waals surface area contributed by atoms with E-state index in [1.807, 2.05) is 0 Å². The van der Waals surface area contributed by atoms with Crippen molar-refractivity contribution >= 4 is 17.6 Å². The van der Waals surface area contributed by atoms with Crippen LogP contribution in [0.2, 0.25) is 0 Å². The summed E-state index contributed by atoms with van der Waals surface area (Å²) in [5, 5.41) is 15.7. The zero-order valence-corrected chi connectivity index (χ0v) is 20.1. The third-order valence-corrected chi connectivity index (χ3v) is 5.99. The summed E-state index contributed by atoms with van der Waals surface area (Å²) in [6.07, 6.45) is 3.52. The number of carboxylic acid groups (broad SMARTS) is 1. The number of pyridine rings is 1. The molecule has 0 saturated heterocycles. The lowest BCUT2D eigenvalue weighted by Crippen LogP contribution is -2.37. The van der Waals surface area contributed by atoms with E-state index in [-0.39, 0.29) is 12.2 Å². The molecule has 1 aliphatic heterocycles. The Bertz CT molecular complexity index is 949. The van der Waals surface area contributed by atoms with E-state index in [1.54, 1.807) is 7.11 Å². The molecule has 11 heteroatoms. The molecule has 0 fully saturated rings. The molecular weight excluding hydrogens is 458 g/mol. The number of methoxy groups -OCH3 is 1. The molecule has 3 rings (SSSR count). The van der Waals surface area contributed by atoms with Crippen LogP contribution >= 0.6 is 0 Å². The third kappa shape index (κ3) is 8.66. The molecule has 0 radical (unpaired) electrons. The third-order valence-electron chi connectivity index (χ3n) is 5.99. The van der Waals surface area contributed by atoms with Crippen LogP contribution in [0.15, 0.2) is 24.5 Å². The average Bonchev–Trinajstić information content (AvgIpc) is 2.86. The van der Waals surface area contributed by atoms with Gasteiger partial charge >= 0.3 is 5.97 Å². The number of hydrogen-bond donors (Lipinski definition) is 3. The number of aromatic nitrogens is 3. The number of alkyl halides is 2. The number of nitrogens with one attached hydrogen (secondary N) is 2. The van der Waals surface area contributed by atoms with Crippen LogP contribution in [-0.4, -0.2) is 76.9 Å². The highest BCUT2D eigenvalue weighted by atomic mass is 19.3. The number of rotatable bonds is 15. The summed E-state index contributed by atoms with van der Waals surface area (Å²) in [4.78, 5) is 26.0. The van der Waals surface area contributed by atoms with Gasteiger partial charge in [0.1, 0.15) is 29.7 Å². The van der Waals surface area contributed by atoms with Gasteiger partial charge in [-0.05, 0) is 56.7 Å². The second kappa shape index (κ2) is 13.8. The maximum atomic E-state index is 12.9. The van der Waals surface area contributed by atoms with Crippen molar-refractivity contribution in [3.05, 3.63) is 41.5 Å². The van der Waals surface area contributed by atoms with Crippen molar-refractivity contribution in [2.24, 2.45) is 0 Å². The van der Waals surface area contributed by atoms with Crippen LogP contribution in [0, 0.1) is 0 Å². The predicted molar refractivity (Wildman–Crippen MR) is 129 cm³/mol. The van der Waals surface area contributed by atoms with Crippen molar-refractivity contribution < 1.29 is 23.4 Å². The van der Waals surface area contributed by atoms with E-state index in [2.05, 4.69) is 37.6 Å². The molecule has 1 aliphatic rings. The predicted octanol–water partition coefficient (Wildman–Crippen LogP) is 3.39. The molecule has 3 heterocycles. The molecule has 0 saturated carbocycles. The summed E-state index contributed by atoms with van der Waals surface area (Å²) in [6, 6.07) is 4.38. The van der Waals surface area contributed by atoms with Crippen molar-refractivity contribution in [1.82, 2.24) is 19.9 Å². The summed E-state index contributed by atoms with van der Waals surface area (Å²) < 4.78 is 31.0. The fraction of sp³-hybridized carbons (Fsp3) is 0.583. The fourth-order valence-corrected chi connectivity index (χ4v) is 4.02. The molecule has 2 aromatic rings. The molecule has 0 aromatic carbocycles. The number of nitrogens with zero attached hydrogens (tertiary/aromatic N) is 4. The van der Waals surface area contributed by atoms with Crippen LogP contribution in [-0.2, 0) is 22.4 Å². The zero-order valence-electron chi connectivity index (χ0n) is 20.1. The number of carboxylic acids is 1. The average molecular weight is 493 g/mol. The number of carbonyl (C=O) groups is 1. The molecule has 0 aliphatic carbocycles. The minimum atomic E-state index is -2.75. The summed E-state index contributed by atoms with van der Waals surface area (Å²) in [5.41, 5.74) is 1.90. The molecule has 9 nitrogen and oxygen atoms in total. The minimum Gasteiger partial charge on any atom is -0.480 e. The highest BCUT2D eigenvalue weighted by molar-refractivity contribution is 5.76. The number of aliphatic carboxylic acids is 1. The first-order valence-corrected chi connectivity index (χ1v) is 12.0. The van der Waals surface area contributed by atoms with Crippen LogP contribution in [0.1, 0.15) is 49.1 Å². The van der Waals surface area contributed by atoms with Gasteiger partial charge in [-0.1, -0.05) is 6.07 Å². The summed E-state index contributed by atoms with van der Waals surface area (Å²) in [7, 11) is 1.63. The molecule has 2 aromatic heterocycles. The largest absolute Gasteiger partial charge is 0.480 e. The lowest BCUT2D eigenvalue weighted by Gasteiger charge is -2.24. The van der Waals surface area contributed by atoms with E-state index in [0.717, 1.165) is 69.1 Å². The first-order chi connectivity index (χ1) is 17.0.